The summed E-state index contributed by atoms with van der Waals surface area (Å²) in [4.78, 5) is 3.60. The number of nitrogen functional groups attached to an aromatic ring is 1. The molecule has 100 valence electrons. The Morgan fingerprint density at radius 2 is 2.05 bits per heavy atom. The minimum absolute atomic E-state index is 0.320. The van der Waals surface area contributed by atoms with Gasteiger partial charge in [-0.1, -0.05) is 0 Å². The van der Waals surface area contributed by atoms with Gasteiger partial charge in [0.05, 0.1) is 17.3 Å². The Kier molecular flexibility index (Phi) is 2.51. The fourth-order valence-electron chi connectivity index (χ4n) is 1.88. The molecule has 2 heterocycles. The molecule has 1 fully saturated rings. The van der Waals surface area contributed by atoms with Gasteiger partial charge in [-0.15, -0.1) is 0 Å². The SMILES string of the molecule is Nc1ncc(-c2ccn(C3CC3)n2)cc1C(F)(F)F. The zero-order valence-corrected chi connectivity index (χ0v) is 9.85. The van der Waals surface area contributed by atoms with Crippen LogP contribution in [-0.2, 0) is 6.18 Å². The second-order valence-corrected chi connectivity index (χ2v) is 4.57. The maximum absolute atomic E-state index is 12.7. The van der Waals surface area contributed by atoms with Crippen LogP contribution < -0.4 is 5.73 Å². The summed E-state index contributed by atoms with van der Waals surface area (Å²) in [5.41, 5.74) is 5.13. The molecule has 1 saturated carbocycles. The van der Waals surface area contributed by atoms with Gasteiger partial charge >= 0.3 is 6.18 Å². The van der Waals surface area contributed by atoms with E-state index in [2.05, 4.69) is 10.1 Å². The Balaban J connectivity index is 1.99. The van der Waals surface area contributed by atoms with E-state index in [9.17, 15) is 13.2 Å². The normalized spacial score (nSPS) is 15.7. The molecule has 7 heteroatoms. The van der Waals surface area contributed by atoms with Gasteiger partial charge in [0, 0.05) is 18.0 Å². The van der Waals surface area contributed by atoms with E-state index in [-0.39, 0.29) is 0 Å². The zero-order chi connectivity index (χ0) is 13.6. The Labute approximate surface area is 107 Å². The van der Waals surface area contributed by atoms with Crippen molar-refractivity contribution >= 4 is 5.82 Å². The Morgan fingerprint density at radius 1 is 1.32 bits per heavy atom. The third-order valence-electron chi connectivity index (χ3n) is 3.05. The third kappa shape index (κ3) is 2.27. The lowest BCUT2D eigenvalue weighted by atomic mass is 10.1. The average Bonchev–Trinajstić information content (AvgIpc) is 3.07. The molecule has 0 saturated heterocycles. The smallest absolute Gasteiger partial charge is 0.383 e. The first-order valence-electron chi connectivity index (χ1n) is 5.83. The third-order valence-corrected chi connectivity index (χ3v) is 3.05. The summed E-state index contributed by atoms with van der Waals surface area (Å²) in [7, 11) is 0. The summed E-state index contributed by atoms with van der Waals surface area (Å²) < 4.78 is 40.0. The molecule has 2 aromatic rings. The number of halogens is 3. The monoisotopic (exact) mass is 268 g/mol. The van der Waals surface area contributed by atoms with Crippen molar-refractivity contribution < 1.29 is 13.2 Å². The summed E-state index contributed by atoms with van der Waals surface area (Å²) in [5, 5.41) is 4.26. The van der Waals surface area contributed by atoms with Gasteiger partial charge in [0.25, 0.3) is 0 Å². The van der Waals surface area contributed by atoms with Gasteiger partial charge in [-0.2, -0.15) is 18.3 Å². The van der Waals surface area contributed by atoms with Gasteiger partial charge in [-0.05, 0) is 25.0 Å². The molecule has 0 unspecified atom stereocenters. The van der Waals surface area contributed by atoms with Crippen LogP contribution in [0.25, 0.3) is 11.3 Å². The van der Waals surface area contributed by atoms with Crippen molar-refractivity contribution in [2.45, 2.75) is 25.1 Å². The summed E-state index contributed by atoms with van der Waals surface area (Å²) >= 11 is 0. The minimum atomic E-state index is -4.51. The number of nitrogens with two attached hydrogens (primary N) is 1. The molecule has 0 atom stereocenters. The van der Waals surface area contributed by atoms with Crippen LogP contribution in [0.15, 0.2) is 24.5 Å². The van der Waals surface area contributed by atoms with Crippen LogP contribution in [-0.4, -0.2) is 14.8 Å². The maximum Gasteiger partial charge on any atom is 0.419 e. The van der Waals surface area contributed by atoms with Crippen LogP contribution >= 0.6 is 0 Å². The zero-order valence-electron chi connectivity index (χ0n) is 9.85. The van der Waals surface area contributed by atoms with Crippen molar-refractivity contribution in [3.63, 3.8) is 0 Å². The number of hydrogen-bond acceptors (Lipinski definition) is 3. The van der Waals surface area contributed by atoms with Crippen LogP contribution in [0, 0.1) is 0 Å². The van der Waals surface area contributed by atoms with Crippen LogP contribution in [0.2, 0.25) is 0 Å². The fourth-order valence-corrected chi connectivity index (χ4v) is 1.88. The van der Waals surface area contributed by atoms with E-state index >= 15 is 0 Å². The van der Waals surface area contributed by atoms with Crippen molar-refractivity contribution in [3.8, 4) is 11.3 Å². The molecule has 0 aliphatic heterocycles. The number of rotatable bonds is 2. The van der Waals surface area contributed by atoms with E-state index in [0.717, 1.165) is 18.9 Å². The van der Waals surface area contributed by atoms with Crippen LogP contribution in [0.5, 0.6) is 0 Å². The molecule has 0 radical (unpaired) electrons. The van der Waals surface area contributed by atoms with Gasteiger partial charge in [-0.3, -0.25) is 4.68 Å². The largest absolute Gasteiger partial charge is 0.419 e. The summed E-state index contributed by atoms with van der Waals surface area (Å²) in [6.45, 7) is 0. The predicted molar refractivity (Wildman–Crippen MR) is 63.1 cm³/mol. The van der Waals surface area contributed by atoms with Crippen molar-refractivity contribution in [2.24, 2.45) is 0 Å². The number of anilines is 1. The van der Waals surface area contributed by atoms with Crippen molar-refractivity contribution in [1.29, 1.82) is 0 Å². The number of hydrogen-bond donors (Lipinski definition) is 1. The summed E-state index contributed by atoms with van der Waals surface area (Å²) in [6, 6.07) is 3.06. The summed E-state index contributed by atoms with van der Waals surface area (Å²) in [6.07, 6.45) is 0.705. The molecule has 19 heavy (non-hydrogen) atoms. The van der Waals surface area contributed by atoms with Crippen molar-refractivity contribution in [1.82, 2.24) is 14.8 Å². The highest BCUT2D eigenvalue weighted by Crippen LogP contribution is 2.36. The molecule has 0 spiro atoms. The predicted octanol–water partition coefficient (Wildman–Crippen LogP) is 2.88. The molecular formula is C12H11F3N4. The van der Waals surface area contributed by atoms with Gasteiger partial charge in [-0.25, -0.2) is 4.98 Å². The van der Waals surface area contributed by atoms with Crippen molar-refractivity contribution in [3.05, 3.63) is 30.1 Å². The van der Waals surface area contributed by atoms with Crippen LogP contribution in [0.3, 0.4) is 0 Å². The highest BCUT2D eigenvalue weighted by molar-refractivity contribution is 5.61. The molecule has 2 N–H and O–H groups in total. The van der Waals surface area contributed by atoms with Gasteiger partial charge in [0.1, 0.15) is 5.82 Å². The quantitative estimate of drug-likeness (QED) is 0.911. The molecule has 3 rings (SSSR count). The van der Waals surface area contributed by atoms with E-state index < -0.39 is 17.6 Å². The van der Waals surface area contributed by atoms with Crippen LogP contribution in [0.4, 0.5) is 19.0 Å². The second-order valence-electron chi connectivity index (χ2n) is 4.57. The van der Waals surface area contributed by atoms with Gasteiger partial charge < -0.3 is 5.73 Å². The molecule has 0 bridgehead atoms. The van der Waals surface area contributed by atoms with E-state index in [0.29, 0.717) is 17.3 Å². The van der Waals surface area contributed by atoms with Gasteiger partial charge in [0.2, 0.25) is 0 Å². The Bertz CT molecular complexity index is 614. The molecule has 4 nitrogen and oxygen atoms in total. The summed E-state index contributed by atoms with van der Waals surface area (Å²) in [5.74, 6) is -0.516. The lowest BCUT2D eigenvalue weighted by molar-refractivity contribution is -0.137. The van der Waals surface area contributed by atoms with E-state index in [1.807, 2.05) is 0 Å². The first-order chi connectivity index (χ1) is 8.95. The first-order valence-corrected chi connectivity index (χ1v) is 5.83. The van der Waals surface area contributed by atoms with Crippen molar-refractivity contribution in [2.75, 3.05) is 5.73 Å². The first kappa shape index (κ1) is 12.0. The minimum Gasteiger partial charge on any atom is -0.383 e. The fraction of sp³-hybridized carbons (Fsp3) is 0.333. The highest BCUT2D eigenvalue weighted by atomic mass is 19.4. The topological polar surface area (TPSA) is 56.7 Å². The molecule has 0 amide bonds. The van der Waals surface area contributed by atoms with Crippen LogP contribution in [0.1, 0.15) is 24.4 Å². The molecule has 0 aromatic carbocycles. The van der Waals surface area contributed by atoms with Gasteiger partial charge in [0.15, 0.2) is 0 Å². The number of aromatic nitrogens is 3. The number of alkyl halides is 3. The molecule has 1 aliphatic rings. The molecule has 2 aromatic heterocycles. The standard InChI is InChI=1S/C12H11F3N4/c13-12(14,15)9-5-7(6-17-11(9)16)10-3-4-19(18-10)8-1-2-8/h3-6,8H,1-2H2,(H2,16,17). The van der Waals surface area contributed by atoms with E-state index in [4.69, 9.17) is 5.73 Å². The molecular weight excluding hydrogens is 257 g/mol. The highest BCUT2D eigenvalue weighted by Gasteiger charge is 2.34. The number of pyridine rings is 1. The second kappa shape index (κ2) is 3.97. The lowest BCUT2D eigenvalue weighted by Crippen LogP contribution is -2.10. The van der Waals surface area contributed by atoms with E-state index in [1.165, 1.54) is 6.20 Å². The Hall–Kier alpha value is -2.05. The Morgan fingerprint density at radius 3 is 2.68 bits per heavy atom. The molecule has 1 aliphatic carbocycles. The maximum atomic E-state index is 12.7. The van der Waals surface area contributed by atoms with E-state index in [1.54, 1.807) is 16.9 Å². The number of nitrogens with zero attached hydrogens (tertiary/aromatic N) is 3. The lowest BCUT2D eigenvalue weighted by Gasteiger charge is -2.09. The average molecular weight is 268 g/mol.